The first-order valence-corrected chi connectivity index (χ1v) is 18.0. The van der Waals surface area contributed by atoms with E-state index in [4.69, 9.17) is 10.2 Å². The molecule has 1 aromatic heterocycles. The number of anilines is 1. The molecule has 2 amide bonds. The van der Waals surface area contributed by atoms with Gasteiger partial charge in [-0.2, -0.15) is 0 Å². The molecule has 1 unspecified atom stereocenters. The maximum Gasteiger partial charge on any atom is 0.244 e. The fraction of sp³-hybridized carbons (Fsp3) is 0.400. The molecule has 1 heterocycles. The molecule has 14 heteroatoms. The summed E-state index contributed by atoms with van der Waals surface area (Å²) in [4.78, 5) is 33.6. The molecule has 0 saturated carbocycles. The SMILES string of the molecule is CCCN(CCC)C(=O)C1([C@H](Cc2cc(F)cc(F)c2)[C@@H](O)CNCc2cccc(NS(C)(=O)=O)c2)C=C(c2ncco2)C=C(C(N)=O)C1. The van der Waals surface area contributed by atoms with Crippen molar-refractivity contribution in [1.82, 2.24) is 15.2 Å². The number of nitrogens with one attached hydrogen (secondary N) is 2. The molecule has 0 aliphatic heterocycles. The summed E-state index contributed by atoms with van der Waals surface area (Å²) < 4.78 is 60.5. The van der Waals surface area contributed by atoms with E-state index < -0.39 is 45.0 Å². The van der Waals surface area contributed by atoms with E-state index in [0.29, 0.717) is 42.8 Å². The fourth-order valence-corrected chi connectivity index (χ4v) is 6.92. The first-order chi connectivity index (χ1) is 23.2. The zero-order valence-electron chi connectivity index (χ0n) is 27.8. The van der Waals surface area contributed by atoms with Crippen molar-refractivity contribution in [2.45, 2.75) is 52.2 Å². The highest BCUT2D eigenvalue weighted by Crippen LogP contribution is 2.47. The zero-order chi connectivity index (χ0) is 35.8. The smallest absolute Gasteiger partial charge is 0.244 e. The highest BCUT2D eigenvalue weighted by Gasteiger charge is 2.51. The van der Waals surface area contributed by atoms with Gasteiger partial charge in [0.15, 0.2) is 0 Å². The maximum absolute atomic E-state index is 14.9. The van der Waals surface area contributed by atoms with Crippen molar-refractivity contribution in [3.63, 3.8) is 0 Å². The quantitative estimate of drug-likeness (QED) is 0.163. The molecule has 0 radical (unpaired) electrons. The molecule has 4 rings (SSSR count). The van der Waals surface area contributed by atoms with Gasteiger partial charge in [0.1, 0.15) is 17.9 Å². The average Bonchev–Trinajstić information content (AvgIpc) is 3.57. The fourth-order valence-electron chi connectivity index (χ4n) is 6.36. The van der Waals surface area contributed by atoms with Gasteiger partial charge in [-0.05, 0) is 67.2 Å². The van der Waals surface area contributed by atoms with Crippen LogP contribution in [0.1, 0.15) is 50.1 Å². The predicted octanol–water partition coefficient (Wildman–Crippen LogP) is 4.17. The number of aliphatic hydroxyl groups excluding tert-OH is 1. The first-order valence-electron chi connectivity index (χ1n) is 16.1. The number of aromatic nitrogens is 1. The van der Waals surface area contributed by atoms with E-state index in [2.05, 4.69) is 15.0 Å². The minimum atomic E-state index is -3.50. The Labute approximate surface area is 285 Å². The summed E-state index contributed by atoms with van der Waals surface area (Å²) in [6.45, 7) is 4.76. The standard InChI is InChI=1S/C35H43F2N5O6S/c1-4-10-42(11-5-2)34(45)35(19-25(32(38)44)17-26(20-35)33-40-9-12-48-33)30(16-24-13-27(36)18-28(37)14-24)31(43)22-39-21-23-7-6-8-29(15-23)41-49(3,46)47/h6-9,12-15,17-18,20,30-31,39,41,43H,4-5,10-11,16,19,21-22H2,1-3H3,(H2,38,44)/t30-,31+,35?/m1/s1. The number of oxazole rings is 1. The predicted molar refractivity (Wildman–Crippen MR) is 182 cm³/mol. The van der Waals surface area contributed by atoms with E-state index in [9.17, 15) is 31.9 Å². The lowest BCUT2D eigenvalue weighted by atomic mass is 9.62. The summed E-state index contributed by atoms with van der Waals surface area (Å²) in [6, 6.07) is 9.74. The second-order valence-electron chi connectivity index (χ2n) is 12.3. The molecule has 49 heavy (non-hydrogen) atoms. The number of rotatable bonds is 17. The van der Waals surface area contributed by atoms with E-state index in [-0.39, 0.29) is 48.9 Å². The van der Waals surface area contributed by atoms with Crippen molar-refractivity contribution in [3.05, 3.63) is 101 Å². The van der Waals surface area contributed by atoms with Crippen LogP contribution in [0.2, 0.25) is 0 Å². The van der Waals surface area contributed by atoms with Crippen LogP contribution in [-0.2, 0) is 32.6 Å². The Morgan fingerprint density at radius 2 is 1.80 bits per heavy atom. The van der Waals surface area contributed by atoms with Gasteiger partial charge in [-0.15, -0.1) is 0 Å². The number of aliphatic hydroxyl groups is 1. The lowest BCUT2D eigenvalue weighted by molar-refractivity contribution is -0.145. The number of carbonyl (C=O) groups is 2. The van der Waals surface area contributed by atoms with Crippen LogP contribution in [0.15, 0.2) is 77.1 Å². The minimum absolute atomic E-state index is 0.0828. The molecule has 2 aromatic carbocycles. The molecule has 0 spiro atoms. The Morgan fingerprint density at radius 1 is 1.10 bits per heavy atom. The van der Waals surface area contributed by atoms with Gasteiger partial charge >= 0.3 is 0 Å². The van der Waals surface area contributed by atoms with Crippen LogP contribution in [0.5, 0.6) is 0 Å². The van der Waals surface area contributed by atoms with Gasteiger partial charge in [-0.1, -0.05) is 32.1 Å². The summed E-state index contributed by atoms with van der Waals surface area (Å²) in [6.07, 6.45) is 6.56. The van der Waals surface area contributed by atoms with Gasteiger partial charge in [0, 0.05) is 55.0 Å². The molecule has 0 bridgehead atoms. The number of carbonyl (C=O) groups excluding carboxylic acids is 2. The number of hydrogen-bond donors (Lipinski definition) is 4. The summed E-state index contributed by atoms with van der Waals surface area (Å²) in [7, 11) is -3.50. The third-order valence-electron chi connectivity index (χ3n) is 8.31. The number of allylic oxidation sites excluding steroid dienone is 2. The minimum Gasteiger partial charge on any atom is -0.445 e. The highest BCUT2D eigenvalue weighted by atomic mass is 32.2. The molecule has 5 N–H and O–H groups in total. The second kappa shape index (κ2) is 16.3. The van der Waals surface area contributed by atoms with Crippen molar-refractivity contribution in [2.75, 3.05) is 30.6 Å². The summed E-state index contributed by atoms with van der Waals surface area (Å²) in [5.41, 5.74) is 5.88. The van der Waals surface area contributed by atoms with Crippen LogP contribution in [0.25, 0.3) is 5.57 Å². The Bertz CT molecular complexity index is 1770. The van der Waals surface area contributed by atoms with Crippen LogP contribution < -0.4 is 15.8 Å². The highest BCUT2D eigenvalue weighted by molar-refractivity contribution is 7.92. The van der Waals surface area contributed by atoms with E-state index in [1.807, 2.05) is 13.8 Å². The molecule has 1 aliphatic rings. The van der Waals surface area contributed by atoms with E-state index in [1.54, 1.807) is 35.2 Å². The summed E-state index contributed by atoms with van der Waals surface area (Å²) in [5.74, 6) is -3.72. The third kappa shape index (κ3) is 9.83. The van der Waals surface area contributed by atoms with Crippen LogP contribution in [0, 0.1) is 23.0 Å². The van der Waals surface area contributed by atoms with Gasteiger partial charge in [0.05, 0.1) is 24.0 Å². The molecule has 3 atom stereocenters. The van der Waals surface area contributed by atoms with Crippen molar-refractivity contribution in [3.8, 4) is 0 Å². The molecule has 11 nitrogen and oxygen atoms in total. The van der Waals surface area contributed by atoms with Gasteiger partial charge in [-0.25, -0.2) is 22.2 Å². The van der Waals surface area contributed by atoms with Crippen molar-refractivity contribution in [2.24, 2.45) is 17.1 Å². The lowest BCUT2D eigenvalue weighted by Crippen LogP contribution is -2.54. The number of benzene rings is 2. The number of nitrogens with two attached hydrogens (primary N) is 1. The number of hydrogen-bond acceptors (Lipinski definition) is 8. The normalized spacial score (nSPS) is 17.5. The Morgan fingerprint density at radius 3 is 2.39 bits per heavy atom. The zero-order valence-corrected chi connectivity index (χ0v) is 28.6. The Kier molecular flexibility index (Phi) is 12.5. The van der Waals surface area contributed by atoms with E-state index in [1.165, 1.54) is 18.5 Å². The van der Waals surface area contributed by atoms with Gasteiger partial charge in [-0.3, -0.25) is 14.3 Å². The Hall–Kier alpha value is -4.40. The van der Waals surface area contributed by atoms with Crippen molar-refractivity contribution < 1.29 is 36.3 Å². The van der Waals surface area contributed by atoms with E-state index in [0.717, 1.165) is 24.5 Å². The van der Waals surface area contributed by atoms with Crippen molar-refractivity contribution in [1.29, 1.82) is 0 Å². The number of halogens is 2. The average molecular weight is 700 g/mol. The van der Waals surface area contributed by atoms with Crippen LogP contribution >= 0.6 is 0 Å². The monoisotopic (exact) mass is 699 g/mol. The number of amides is 2. The molecule has 3 aromatic rings. The first kappa shape index (κ1) is 37.4. The second-order valence-corrected chi connectivity index (χ2v) is 14.1. The van der Waals surface area contributed by atoms with Gasteiger partial charge < -0.3 is 25.5 Å². The van der Waals surface area contributed by atoms with Crippen LogP contribution in [0.3, 0.4) is 0 Å². The van der Waals surface area contributed by atoms with Gasteiger partial charge in [0.2, 0.25) is 27.7 Å². The van der Waals surface area contributed by atoms with E-state index >= 15 is 0 Å². The summed E-state index contributed by atoms with van der Waals surface area (Å²) >= 11 is 0. The van der Waals surface area contributed by atoms with Crippen LogP contribution in [0.4, 0.5) is 14.5 Å². The largest absolute Gasteiger partial charge is 0.445 e. The Balaban J connectivity index is 1.81. The maximum atomic E-state index is 14.9. The number of sulfonamides is 1. The third-order valence-corrected chi connectivity index (χ3v) is 8.92. The lowest BCUT2D eigenvalue weighted by Gasteiger charge is -2.45. The van der Waals surface area contributed by atoms with Crippen LogP contribution in [-0.4, -0.2) is 67.2 Å². The molecular formula is C35H43F2N5O6S. The molecule has 1 aliphatic carbocycles. The molecule has 264 valence electrons. The van der Waals surface area contributed by atoms with Gasteiger partial charge in [0.25, 0.3) is 0 Å². The van der Waals surface area contributed by atoms with Crippen molar-refractivity contribution >= 4 is 33.1 Å². The molecule has 0 saturated heterocycles. The summed E-state index contributed by atoms with van der Waals surface area (Å²) in [5, 5.41) is 15.2. The molecular weight excluding hydrogens is 656 g/mol. The number of primary amides is 1. The topological polar surface area (TPSA) is 168 Å². The molecule has 0 fully saturated rings. The number of nitrogens with zero attached hydrogens (tertiary/aromatic N) is 2.